The molecule has 0 atom stereocenters. The number of anilines is 1. The predicted octanol–water partition coefficient (Wildman–Crippen LogP) is 3.49. The molecule has 2 aromatic rings. The molecular formula is C19H24N4O3. The summed E-state index contributed by atoms with van der Waals surface area (Å²) in [4.78, 5) is 23.1. The van der Waals surface area contributed by atoms with Crippen LogP contribution < -0.4 is 10.6 Å². The number of urea groups is 1. The highest BCUT2D eigenvalue weighted by Gasteiger charge is 2.22. The van der Waals surface area contributed by atoms with Gasteiger partial charge in [-0.15, -0.1) is 0 Å². The van der Waals surface area contributed by atoms with Crippen LogP contribution in [0, 0.1) is 0 Å². The molecule has 1 fully saturated rings. The van der Waals surface area contributed by atoms with Crippen molar-refractivity contribution in [1.29, 1.82) is 0 Å². The molecule has 1 aliphatic rings. The number of rotatable bonds is 5. The molecule has 0 saturated heterocycles. The van der Waals surface area contributed by atoms with E-state index < -0.39 is 5.97 Å². The number of amides is 2. The Morgan fingerprint density at radius 1 is 1.19 bits per heavy atom. The van der Waals surface area contributed by atoms with Crippen LogP contribution in [0.3, 0.4) is 0 Å². The summed E-state index contributed by atoms with van der Waals surface area (Å²) in [5.74, 6) is -0.558. The van der Waals surface area contributed by atoms with Crippen molar-refractivity contribution in [2.24, 2.45) is 7.05 Å². The molecule has 1 saturated carbocycles. The molecule has 0 unspecified atom stereocenters. The van der Waals surface area contributed by atoms with Crippen molar-refractivity contribution >= 4 is 17.7 Å². The summed E-state index contributed by atoms with van der Waals surface area (Å²) >= 11 is 0. The van der Waals surface area contributed by atoms with Crippen LogP contribution in [0.2, 0.25) is 0 Å². The fourth-order valence-electron chi connectivity index (χ4n) is 3.39. The van der Waals surface area contributed by atoms with Crippen LogP contribution in [0.25, 0.3) is 0 Å². The average Bonchev–Trinajstić information content (AvgIpc) is 3.01. The molecule has 0 radical (unpaired) electrons. The lowest BCUT2D eigenvalue weighted by molar-refractivity contribution is 0.0697. The Hall–Kier alpha value is -2.83. The van der Waals surface area contributed by atoms with Gasteiger partial charge in [0.2, 0.25) is 0 Å². The smallest absolute Gasteiger partial charge is 0.335 e. The monoisotopic (exact) mass is 356 g/mol. The SMILES string of the molecule is Cn1cc(NC(=O)NCc2ccc(C(=O)O)cc2)c(C2CCCCC2)n1. The van der Waals surface area contributed by atoms with E-state index in [9.17, 15) is 9.59 Å². The van der Waals surface area contributed by atoms with Gasteiger partial charge in [0.05, 0.1) is 16.9 Å². The first-order valence-corrected chi connectivity index (χ1v) is 8.93. The summed E-state index contributed by atoms with van der Waals surface area (Å²) in [5.41, 5.74) is 2.79. The second kappa shape index (κ2) is 8.03. The van der Waals surface area contributed by atoms with Crippen molar-refractivity contribution in [1.82, 2.24) is 15.1 Å². The van der Waals surface area contributed by atoms with E-state index in [-0.39, 0.29) is 11.6 Å². The Labute approximate surface area is 152 Å². The van der Waals surface area contributed by atoms with E-state index in [4.69, 9.17) is 5.11 Å². The first-order valence-electron chi connectivity index (χ1n) is 8.93. The quantitative estimate of drug-likeness (QED) is 0.764. The van der Waals surface area contributed by atoms with Crippen molar-refractivity contribution in [3.63, 3.8) is 0 Å². The van der Waals surface area contributed by atoms with Gasteiger partial charge in [-0.1, -0.05) is 31.4 Å². The summed E-state index contributed by atoms with van der Waals surface area (Å²) in [6, 6.07) is 6.15. The first kappa shape index (κ1) is 18.0. The summed E-state index contributed by atoms with van der Waals surface area (Å²) in [6.07, 6.45) is 7.75. The van der Waals surface area contributed by atoms with Gasteiger partial charge in [-0.3, -0.25) is 4.68 Å². The van der Waals surface area contributed by atoms with Crippen molar-refractivity contribution in [3.05, 3.63) is 47.3 Å². The zero-order valence-corrected chi connectivity index (χ0v) is 14.9. The third-order valence-corrected chi connectivity index (χ3v) is 4.75. The van der Waals surface area contributed by atoms with Crippen LogP contribution >= 0.6 is 0 Å². The maximum absolute atomic E-state index is 12.3. The molecular weight excluding hydrogens is 332 g/mol. The van der Waals surface area contributed by atoms with Gasteiger partial charge in [0.25, 0.3) is 0 Å². The minimum absolute atomic E-state index is 0.227. The van der Waals surface area contributed by atoms with E-state index in [2.05, 4.69) is 15.7 Å². The molecule has 138 valence electrons. The molecule has 0 spiro atoms. The number of carbonyl (C=O) groups is 2. The second-order valence-corrected chi connectivity index (χ2v) is 6.75. The minimum atomic E-state index is -0.964. The van der Waals surface area contributed by atoms with E-state index in [1.165, 1.54) is 31.4 Å². The molecule has 26 heavy (non-hydrogen) atoms. The Morgan fingerprint density at radius 3 is 2.54 bits per heavy atom. The molecule has 2 amide bonds. The number of aryl methyl sites for hydroxylation is 1. The van der Waals surface area contributed by atoms with Crippen LogP contribution in [0.1, 0.15) is 59.6 Å². The summed E-state index contributed by atoms with van der Waals surface area (Å²) < 4.78 is 1.74. The van der Waals surface area contributed by atoms with Gasteiger partial charge in [-0.2, -0.15) is 5.10 Å². The van der Waals surface area contributed by atoms with E-state index in [1.54, 1.807) is 16.8 Å². The van der Waals surface area contributed by atoms with Gasteiger partial charge in [-0.25, -0.2) is 9.59 Å². The van der Waals surface area contributed by atoms with E-state index in [1.807, 2.05) is 13.2 Å². The fourth-order valence-corrected chi connectivity index (χ4v) is 3.39. The normalized spacial score (nSPS) is 14.8. The molecule has 1 aliphatic carbocycles. The molecule has 7 heteroatoms. The highest BCUT2D eigenvalue weighted by Crippen LogP contribution is 2.35. The fraction of sp³-hybridized carbons (Fsp3) is 0.421. The number of carboxylic acids is 1. The van der Waals surface area contributed by atoms with Crippen molar-refractivity contribution < 1.29 is 14.7 Å². The predicted molar refractivity (Wildman–Crippen MR) is 98.3 cm³/mol. The van der Waals surface area contributed by atoms with E-state index in [0.717, 1.165) is 29.8 Å². The number of hydrogen-bond donors (Lipinski definition) is 3. The topological polar surface area (TPSA) is 96.2 Å². The van der Waals surface area contributed by atoms with Crippen LogP contribution in [-0.2, 0) is 13.6 Å². The number of hydrogen-bond acceptors (Lipinski definition) is 3. The highest BCUT2D eigenvalue weighted by atomic mass is 16.4. The highest BCUT2D eigenvalue weighted by molar-refractivity contribution is 5.90. The molecule has 7 nitrogen and oxygen atoms in total. The Balaban J connectivity index is 1.58. The lowest BCUT2D eigenvalue weighted by Gasteiger charge is -2.21. The minimum Gasteiger partial charge on any atom is -0.478 e. The van der Waals surface area contributed by atoms with Crippen LogP contribution in [0.15, 0.2) is 30.5 Å². The van der Waals surface area contributed by atoms with E-state index in [0.29, 0.717) is 12.5 Å². The second-order valence-electron chi connectivity index (χ2n) is 6.75. The third-order valence-electron chi connectivity index (χ3n) is 4.75. The Morgan fingerprint density at radius 2 is 1.88 bits per heavy atom. The molecule has 1 heterocycles. The van der Waals surface area contributed by atoms with Gasteiger partial charge in [0, 0.05) is 25.7 Å². The lowest BCUT2D eigenvalue weighted by atomic mass is 9.86. The molecule has 1 aromatic heterocycles. The maximum Gasteiger partial charge on any atom is 0.335 e. The van der Waals surface area contributed by atoms with Crippen LogP contribution in [-0.4, -0.2) is 26.9 Å². The Bertz CT molecular complexity index is 777. The van der Waals surface area contributed by atoms with Crippen LogP contribution in [0.5, 0.6) is 0 Å². The number of carbonyl (C=O) groups excluding carboxylic acids is 1. The number of nitrogens with one attached hydrogen (secondary N) is 2. The molecule has 0 bridgehead atoms. The Kier molecular flexibility index (Phi) is 5.55. The van der Waals surface area contributed by atoms with Crippen molar-refractivity contribution in [2.45, 2.75) is 44.6 Å². The summed E-state index contributed by atoms with van der Waals surface area (Å²) in [6.45, 7) is 0.324. The van der Waals surface area contributed by atoms with Crippen molar-refractivity contribution in [2.75, 3.05) is 5.32 Å². The van der Waals surface area contributed by atoms with Crippen molar-refractivity contribution in [3.8, 4) is 0 Å². The number of benzene rings is 1. The third kappa shape index (κ3) is 4.41. The molecule has 1 aromatic carbocycles. The molecule has 0 aliphatic heterocycles. The lowest BCUT2D eigenvalue weighted by Crippen LogP contribution is -2.28. The first-order chi connectivity index (χ1) is 12.5. The van der Waals surface area contributed by atoms with Gasteiger partial charge >= 0.3 is 12.0 Å². The maximum atomic E-state index is 12.3. The van der Waals surface area contributed by atoms with Gasteiger partial charge in [0.1, 0.15) is 0 Å². The summed E-state index contributed by atoms with van der Waals surface area (Å²) in [7, 11) is 1.86. The number of carboxylic acid groups (broad SMARTS) is 1. The zero-order chi connectivity index (χ0) is 18.5. The van der Waals surface area contributed by atoms with Gasteiger partial charge in [-0.05, 0) is 30.5 Å². The van der Waals surface area contributed by atoms with Crippen LogP contribution in [0.4, 0.5) is 10.5 Å². The van der Waals surface area contributed by atoms with E-state index >= 15 is 0 Å². The van der Waals surface area contributed by atoms with Gasteiger partial charge < -0.3 is 15.7 Å². The standard InChI is InChI=1S/C19H24N4O3/c1-23-12-16(17(22-23)14-5-3-2-4-6-14)21-19(26)20-11-13-7-9-15(10-8-13)18(24)25/h7-10,12,14H,2-6,11H2,1H3,(H,24,25)(H2,20,21,26). The largest absolute Gasteiger partial charge is 0.478 e. The zero-order valence-electron chi connectivity index (χ0n) is 14.9. The molecule has 3 rings (SSSR count). The number of aromatic nitrogens is 2. The summed E-state index contributed by atoms with van der Waals surface area (Å²) in [5, 5.41) is 19.2. The number of aromatic carboxylic acids is 1. The average molecular weight is 356 g/mol. The number of nitrogens with zero attached hydrogens (tertiary/aromatic N) is 2. The van der Waals surface area contributed by atoms with Gasteiger partial charge in [0.15, 0.2) is 0 Å². The molecule has 3 N–H and O–H groups in total.